The van der Waals surface area contributed by atoms with Crippen LogP contribution < -0.4 is 0 Å². The average Bonchev–Trinajstić information content (AvgIpc) is 2.47. The van der Waals surface area contributed by atoms with Gasteiger partial charge in [0, 0.05) is 21.7 Å². The summed E-state index contributed by atoms with van der Waals surface area (Å²) in [6.45, 7) is 1.58. The molecule has 0 saturated heterocycles. The third-order valence-corrected chi connectivity index (χ3v) is 3.03. The summed E-state index contributed by atoms with van der Waals surface area (Å²) in [5, 5.41) is 1.68. The lowest BCUT2D eigenvalue weighted by Crippen LogP contribution is -1.93. The Labute approximate surface area is 90.7 Å². The lowest BCUT2D eigenvalue weighted by Gasteiger charge is -1.94. The van der Waals surface area contributed by atoms with E-state index in [0.717, 1.165) is 15.8 Å². The molecule has 0 atom stereocenters. The Hall–Kier alpha value is -0.930. The Morgan fingerprint density at radius 3 is 3.07 bits per heavy atom. The number of hydrogen-bond donors (Lipinski definition) is 0. The van der Waals surface area contributed by atoms with Crippen molar-refractivity contribution in [3.8, 4) is 0 Å². The van der Waals surface area contributed by atoms with Crippen LogP contribution in [0.5, 0.6) is 0 Å². The summed E-state index contributed by atoms with van der Waals surface area (Å²) >= 11 is 7.25. The highest BCUT2D eigenvalue weighted by atomic mass is 35.5. The fraction of sp³-hybridized carbons (Fsp3) is 0.200. The number of fused-ring (bicyclic) bond motifs is 1. The summed E-state index contributed by atoms with van der Waals surface area (Å²) in [6.07, 6.45) is 0.446. The molecule has 0 aliphatic carbocycles. The predicted molar refractivity (Wildman–Crippen MR) is 59.0 cm³/mol. The zero-order valence-electron chi connectivity index (χ0n) is 7.58. The third-order valence-electron chi connectivity index (χ3n) is 1.92. The van der Waals surface area contributed by atoms with Gasteiger partial charge in [-0.25, -0.2) is 0 Å². The lowest BCUT2D eigenvalue weighted by molar-refractivity contribution is -0.116. The summed E-state index contributed by atoms with van der Waals surface area (Å²) in [4.78, 5) is 12.0. The van der Waals surface area contributed by atoms with E-state index in [1.807, 2.05) is 12.1 Å². The van der Waals surface area contributed by atoms with Crippen molar-refractivity contribution in [3.05, 3.63) is 28.1 Å². The standard InChI is InChI=1S/C10H8ClNOS/c1-6(13)4-10-8-5-7(11)2-3-9(8)12-14-10/h2-3,5H,4H2,1H3. The molecule has 2 aromatic rings. The van der Waals surface area contributed by atoms with Crippen LogP contribution in [0.15, 0.2) is 18.2 Å². The van der Waals surface area contributed by atoms with Gasteiger partial charge < -0.3 is 0 Å². The Balaban J connectivity index is 2.55. The van der Waals surface area contributed by atoms with Gasteiger partial charge in [-0.05, 0) is 36.7 Å². The second kappa shape index (κ2) is 3.67. The van der Waals surface area contributed by atoms with Crippen molar-refractivity contribution in [2.24, 2.45) is 0 Å². The highest BCUT2D eigenvalue weighted by Crippen LogP contribution is 2.25. The van der Waals surface area contributed by atoms with Gasteiger partial charge in [-0.1, -0.05) is 11.6 Å². The number of rotatable bonds is 2. The van der Waals surface area contributed by atoms with Gasteiger partial charge in [-0.3, -0.25) is 4.79 Å². The van der Waals surface area contributed by atoms with Crippen LogP contribution in [0.3, 0.4) is 0 Å². The molecule has 1 aromatic heterocycles. The minimum Gasteiger partial charge on any atom is -0.300 e. The summed E-state index contributed by atoms with van der Waals surface area (Å²) in [5.74, 6) is 0.149. The van der Waals surface area contributed by atoms with Gasteiger partial charge in [-0.2, -0.15) is 4.37 Å². The molecule has 0 saturated carbocycles. The van der Waals surface area contributed by atoms with E-state index >= 15 is 0 Å². The Morgan fingerprint density at radius 2 is 2.36 bits per heavy atom. The number of carbonyl (C=O) groups is 1. The molecule has 4 heteroatoms. The fourth-order valence-electron chi connectivity index (χ4n) is 1.32. The van der Waals surface area contributed by atoms with E-state index in [2.05, 4.69) is 4.37 Å². The quantitative estimate of drug-likeness (QED) is 0.786. The van der Waals surface area contributed by atoms with Crippen LogP contribution in [0.1, 0.15) is 11.8 Å². The van der Waals surface area contributed by atoms with Gasteiger partial charge in [0.25, 0.3) is 0 Å². The zero-order valence-corrected chi connectivity index (χ0v) is 9.15. The van der Waals surface area contributed by atoms with Gasteiger partial charge in [0.15, 0.2) is 0 Å². The number of hydrogen-bond acceptors (Lipinski definition) is 3. The molecule has 0 aliphatic rings. The summed E-state index contributed by atoms with van der Waals surface area (Å²) in [5.41, 5.74) is 0.913. The van der Waals surface area contributed by atoms with E-state index in [1.54, 1.807) is 13.0 Å². The minimum atomic E-state index is 0.149. The molecule has 0 amide bonds. The van der Waals surface area contributed by atoms with Crippen LogP contribution in [0, 0.1) is 0 Å². The van der Waals surface area contributed by atoms with Crippen molar-refractivity contribution in [2.45, 2.75) is 13.3 Å². The van der Waals surface area contributed by atoms with Gasteiger partial charge in [-0.15, -0.1) is 0 Å². The number of aromatic nitrogens is 1. The Bertz CT molecular complexity index is 492. The van der Waals surface area contributed by atoms with Crippen LogP contribution in [-0.4, -0.2) is 10.2 Å². The molecule has 0 N–H and O–H groups in total. The molecule has 1 heterocycles. The number of halogens is 1. The van der Waals surface area contributed by atoms with Gasteiger partial charge >= 0.3 is 0 Å². The maximum atomic E-state index is 11.0. The van der Waals surface area contributed by atoms with E-state index in [4.69, 9.17) is 11.6 Å². The normalized spacial score (nSPS) is 10.7. The highest BCUT2D eigenvalue weighted by Gasteiger charge is 2.08. The molecule has 0 bridgehead atoms. The van der Waals surface area contributed by atoms with E-state index in [1.165, 1.54) is 11.5 Å². The highest BCUT2D eigenvalue weighted by molar-refractivity contribution is 7.07. The Morgan fingerprint density at radius 1 is 1.57 bits per heavy atom. The molecule has 2 nitrogen and oxygen atoms in total. The molecular formula is C10H8ClNOS. The van der Waals surface area contributed by atoms with Crippen LogP contribution in [0.2, 0.25) is 5.02 Å². The van der Waals surface area contributed by atoms with Gasteiger partial charge in [0.2, 0.25) is 0 Å². The van der Waals surface area contributed by atoms with Gasteiger partial charge in [0.05, 0.1) is 5.52 Å². The number of ketones is 1. The Kier molecular flexibility index (Phi) is 2.52. The number of Topliss-reactive ketones (excluding diaryl/α,β-unsaturated/α-hetero) is 1. The maximum absolute atomic E-state index is 11.0. The smallest absolute Gasteiger partial charge is 0.135 e. The number of carbonyl (C=O) groups excluding carboxylic acids is 1. The molecule has 0 unspecified atom stereocenters. The van der Waals surface area contributed by atoms with Crippen molar-refractivity contribution in [1.29, 1.82) is 0 Å². The SMILES string of the molecule is CC(=O)Cc1snc2ccc(Cl)cc12. The van der Waals surface area contributed by atoms with E-state index in [9.17, 15) is 4.79 Å². The molecule has 0 spiro atoms. The van der Waals surface area contributed by atoms with Gasteiger partial charge in [0.1, 0.15) is 5.78 Å². The first kappa shape index (κ1) is 9.62. The van der Waals surface area contributed by atoms with Crippen molar-refractivity contribution in [3.63, 3.8) is 0 Å². The summed E-state index contributed by atoms with van der Waals surface area (Å²) < 4.78 is 4.24. The molecule has 72 valence electrons. The maximum Gasteiger partial charge on any atom is 0.135 e. The van der Waals surface area contributed by atoms with Crippen molar-refractivity contribution in [2.75, 3.05) is 0 Å². The average molecular weight is 226 g/mol. The first-order chi connectivity index (χ1) is 6.66. The van der Waals surface area contributed by atoms with Crippen molar-refractivity contribution >= 4 is 39.8 Å². The fourth-order valence-corrected chi connectivity index (χ4v) is 2.39. The number of benzene rings is 1. The molecule has 1 aromatic carbocycles. The molecule has 0 aliphatic heterocycles. The van der Waals surface area contributed by atoms with Crippen LogP contribution in [-0.2, 0) is 11.2 Å². The summed E-state index contributed by atoms with van der Waals surface area (Å²) in [7, 11) is 0. The van der Waals surface area contributed by atoms with E-state index in [0.29, 0.717) is 11.4 Å². The van der Waals surface area contributed by atoms with Crippen molar-refractivity contribution < 1.29 is 4.79 Å². The van der Waals surface area contributed by atoms with Crippen molar-refractivity contribution in [1.82, 2.24) is 4.37 Å². The first-order valence-electron chi connectivity index (χ1n) is 4.20. The molecular weight excluding hydrogens is 218 g/mol. The lowest BCUT2D eigenvalue weighted by atomic mass is 10.1. The second-order valence-electron chi connectivity index (χ2n) is 3.15. The third kappa shape index (κ3) is 1.79. The van der Waals surface area contributed by atoms with E-state index < -0.39 is 0 Å². The minimum absolute atomic E-state index is 0.149. The number of nitrogens with zero attached hydrogens (tertiary/aromatic N) is 1. The largest absolute Gasteiger partial charge is 0.300 e. The van der Waals surface area contributed by atoms with Crippen LogP contribution in [0.25, 0.3) is 10.9 Å². The van der Waals surface area contributed by atoms with E-state index in [-0.39, 0.29) is 5.78 Å². The zero-order chi connectivity index (χ0) is 10.1. The molecule has 2 rings (SSSR count). The molecule has 0 fully saturated rings. The monoisotopic (exact) mass is 225 g/mol. The first-order valence-corrected chi connectivity index (χ1v) is 5.35. The molecule has 0 radical (unpaired) electrons. The topological polar surface area (TPSA) is 30.0 Å². The van der Waals surface area contributed by atoms with Crippen LogP contribution in [0.4, 0.5) is 0 Å². The summed E-state index contributed by atoms with van der Waals surface area (Å²) in [6, 6.07) is 5.54. The van der Waals surface area contributed by atoms with Crippen LogP contribution >= 0.6 is 23.1 Å². The predicted octanol–water partition coefficient (Wildman–Crippen LogP) is 3.08. The molecule has 14 heavy (non-hydrogen) atoms. The second-order valence-corrected chi connectivity index (χ2v) is 4.44.